The second kappa shape index (κ2) is 5.62. The van der Waals surface area contributed by atoms with Gasteiger partial charge in [0, 0.05) is 6.07 Å². The molecule has 1 aromatic carbocycles. The molecule has 100 valence electrons. The normalized spacial score (nSPS) is 10.6. The van der Waals surface area contributed by atoms with Crippen LogP contribution in [0.5, 0.6) is 0 Å². The predicted molar refractivity (Wildman–Crippen MR) is 68.1 cm³/mol. The van der Waals surface area contributed by atoms with E-state index < -0.39 is 10.7 Å². The van der Waals surface area contributed by atoms with Crippen LogP contribution in [0.4, 0.5) is 10.1 Å². The number of nitro groups is 1. The highest BCUT2D eigenvalue weighted by molar-refractivity contribution is 5.60. The molecule has 1 aromatic heterocycles. The quantitative estimate of drug-likeness (QED) is 0.665. The Morgan fingerprint density at radius 3 is 2.79 bits per heavy atom. The maximum atomic E-state index is 13.8. The van der Waals surface area contributed by atoms with Crippen molar-refractivity contribution in [3.63, 3.8) is 0 Å². The summed E-state index contributed by atoms with van der Waals surface area (Å²) in [6.45, 7) is 3.34. The summed E-state index contributed by atoms with van der Waals surface area (Å²) in [7, 11) is 0. The van der Waals surface area contributed by atoms with Gasteiger partial charge >= 0.3 is 0 Å². The molecular weight excluding hydrogens is 251 g/mol. The fraction of sp³-hybridized carbons (Fsp3) is 0.231. The third kappa shape index (κ3) is 2.97. The van der Waals surface area contributed by atoms with Gasteiger partial charge in [0.05, 0.1) is 23.1 Å². The summed E-state index contributed by atoms with van der Waals surface area (Å²) in [4.78, 5) is 9.90. The monoisotopic (exact) mass is 264 g/mol. The number of furan rings is 1. The first kappa shape index (κ1) is 13.2. The van der Waals surface area contributed by atoms with Gasteiger partial charge in [-0.25, -0.2) is 4.39 Å². The topological polar surface area (TPSA) is 68.3 Å². The van der Waals surface area contributed by atoms with Crippen LogP contribution >= 0.6 is 0 Å². The fourth-order valence-corrected chi connectivity index (χ4v) is 1.68. The number of nitro benzene ring substituents is 1. The van der Waals surface area contributed by atoms with E-state index in [1.54, 1.807) is 12.1 Å². The molecule has 5 nitrogen and oxygen atoms in total. The van der Waals surface area contributed by atoms with E-state index in [-0.39, 0.29) is 11.3 Å². The van der Waals surface area contributed by atoms with Gasteiger partial charge in [0.1, 0.15) is 17.3 Å². The summed E-state index contributed by atoms with van der Waals surface area (Å²) in [5.41, 5.74) is -0.0611. The van der Waals surface area contributed by atoms with Crippen LogP contribution in [0.2, 0.25) is 0 Å². The lowest BCUT2D eigenvalue weighted by Crippen LogP contribution is -2.10. The van der Waals surface area contributed by atoms with Crippen molar-refractivity contribution in [1.29, 1.82) is 0 Å². The molecule has 0 amide bonds. The van der Waals surface area contributed by atoms with E-state index in [4.69, 9.17) is 4.42 Å². The first-order chi connectivity index (χ1) is 9.11. The van der Waals surface area contributed by atoms with Crippen LogP contribution in [0.15, 0.2) is 34.7 Å². The molecule has 0 aliphatic rings. The lowest BCUT2D eigenvalue weighted by Gasteiger charge is -2.00. The number of nitrogens with one attached hydrogen (secondary N) is 1. The van der Waals surface area contributed by atoms with Crippen LogP contribution < -0.4 is 5.32 Å². The molecule has 0 unspecified atom stereocenters. The van der Waals surface area contributed by atoms with E-state index in [1.807, 2.05) is 6.92 Å². The molecule has 0 spiro atoms. The number of hydrogen-bond donors (Lipinski definition) is 1. The summed E-state index contributed by atoms with van der Waals surface area (Å²) in [6, 6.07) is 6.89. The first-order valence-corrected chi connectivity index (χ1v) is 5.85. The number of non-ortho nitro benzene ring substituents is 1. The van der Waals surface area contributed by atoms with Crippen LogP contribution in [0, 0.1) is 15.9 Å². The van der Waals surface area contributed by atoms with Crippen LogP contribution in [0.3, 0.4) is 0 Å². The van der Waals surface area contributed by atoms with E-state index in [1.165, 1.54) is 12.1 Å². The Bertz CT molecular complexity index is 595. The molecule has 0 saturated heterocycles. The van der Waals surface area contributed by atoms with Gasteiger partial charge in [-0.2, -0.15) is 0 Å². The molecule has 0 aliphatic carbocycles. The van der Waals surface area contributed by atoms with E-state index in [0.717, 1.165) is 12.6 Å². The van der Waals surface area contributed by atoms with Gasteiger partial charge in [0.25, 0.3) is 5.69 Å². The van der Waals surface area contributed by atoms with Crippen molar-refractivity contribution in [2.45, 2.75) is 13.5 Å². The zero-order valence-electron chi connectivity index (χ0n) is 10.4. The third-order valence-electron chi connectivity index (χ3n) is 2.64. The fourth-order valence-electron chi connectivity index (χ4n) is 1.68. The minimum atomic E-state index is -0.668. The Balaban J connectivity index is 2.26. The van der Waals surface area contributed by atoms with Crippen LogP contribution in [0.25, 0.3) is 11.3 Å². The standard InChI is InChI=1S/C13H13FN2O3/c1-2-15-8-10-4-6-13(19-10)11-5-3-9(16(17)18)7-12(11)14/h3-7,15H,2,8H2,1H3. The van der Waals surface area contributed by atoms with Gasteiger partial charge < -0.3 is 9.73 Å². The zero-order valence-corrected chi connectivity index (χ0v) is 10.4. The molecule has 1 N–H and O–H groups in total. The molecule has 2 aromatic rings. The molecule has 2 rings (SSSR count). The molecule has 0 saturated carbocycles. The lowest BCUT2D eigenvalue weighted by atomic mass is 10.1. The smallest absolute Gasteiger partial charge is 0.272 e. The van der Waals surface area contributed by atoms with Crippen LogP contribution in [-0.4, -0.2) is 11.5 Å². The van der Waals surface area contributed by atoms with Gasteiger partial charge in [-0.05, 0) is 24.7 Å². The average Bonchev–Trinajstić information content (AvgIpc) is 2.84. The van der Waals surface area contributed by atoms with E-state index in [2.05, 4.69) is 5.32 Å². The Labute approximate surface area is 109 Å². The Morgan fingerprint density at radius 2 is 2.16 bits per heavy atom. The highest BCUT2D eigenvalue weighted by atomic mass is 19.1. The number of benzene rings is 1. The molecule has 1 heterocycles. The zero-order chi connectivity index (χ0) is 13.8. The predicted octanol–water partition coefficient (Wildman–Crippen LogP) is 3.10. The summed E-state index contributed by atoms with van der Waals surface area (Å²) in [5, 5.41) is 13.6. The molecule has 0 fully saturated rings. The summed E-state index contributed by atoms with van der Waals surface area (Å²) >= 11 is 0. The molecular formula is C13H13FN2O3. The summed E-state index contributed by atoms with van der Waals surface area (Å²) < 4.78 is 19.3. The van der Waals surface area contributed by atoms with Crippen molar-refractivity contribution in [3.05, 3.63) is 52.0 Å². The van der Waals surface area contributed by atoms with Crippen molar-refractivity contribution >= 4 is 5.69 Å². The second-order valence-corrected chi connectivity index (χ2v) is 3.97. The molecule has 0 atom stereocenters. The van der Waals surface area contributed by atoms with Crippen molar-refractivity contribution in [2.75, 3.05) is 6.54 Å². The third-order valence-corrected chi connectivity index (χ3v) is 2.64. The van der Waals surface area contributed by atoms with Crippen molar-refractivity contribution in [3.8, 4) is 11.3 Å². The molecule has 0 radical (unpaired) electrons. The van der Waals surface area contributed by atoms with Crippen molar-refractivity contribution in [1.82, 2.24) is 5.32 Å². The Kier molecular flexibility index (Phi) is 3.91. The number of rotatable bonds is 5. The van der Waals surface area contributed by atoms with E-state index >= 15 is 0 Å². The minimum Gasteiger partial charge on any atom is -0.460 e. The van der Waals surface area contributed by atoms with Gasteiger partial charge in [-0.3, -0.25) is 10.1 Å². The van der Waals surface area contributed by atoms with Gasteiger partial charge in [-0.15, -0.1) is 0 Å². The summed E-state index contributed by atoms with van der Waals surface area (Å²) in [5.74, 6) is 0.383. The van der Waals surface area contributed by atoms with E-state index in [0.29, 0.717) is 18.1 Å². The number of halogens is 1. The maximum absolute atomic E-state index is 13.8. The van der Waals surface area contributed by atoms with Crippen LogP contribution in [0.1, 0.15) is 12.7 Å². The lowest BCUT2D eigenvalue weighted by molar-refractivity contribution is -0.385. The van der Waals surface area contributed by atoms with Gasteiger partial charge in [0.15, 0.2) is 0 Å². The highest BCUT2D eigenvalue weighted by Crippen LogP contribution is 2.27. The van der Waals surface area contributed by atoms with Gasteiger partial charge in [0.2, 0.25) is 0 Å². The second-order valence-electron chi connectivity index (χ2n) is 3.97. The highest BCUT2D eigenvalue weighted by Gasteiger charge is 2.14. The molecule has 6 heteroatoms. The molecule has 0 aliphatic heterocycles. The largest absolute Gasteiger partial charge is 0.460 e. The molecule has 19 heavy (non-hydrogen) atoms. The maximum Gasteiger partial charge on any atom is 0.272 e. The van der Waals surface area contributed by atoms with Crippen LogP contribution in [-0.2, 0) is 6.54 Å². The summed E-state index contributed by atoms with van der Waals surface area (Å²) in [6.07, 6.45) is 0. The van der Waals surface area contributed by atoms with Gasteiger partial charge in [-0.1, -0.05) is 6.92 Å². The molecule has 0 bridgehead atoms. The SMILES string of the molecule is CCNCc1ccc(-c2ccc([N+](=O)[O-])cc2F)o1. The van der Waals surface area contributed by atoms with E-state index in [9.17, 15) is 14.5 Å². The van der Waals surface area contributed by atoms with Crippen molar-refractivity contribution < 1.29 is 13.7 Å². The first-order valence-electron chi connectivity index (χ1n) is 5.85. The van der Waals surface area contributed by atoms with Crippen molar-refractivity contribution in [2.24, 2.45) is 0 Å². The average molecular weight is 264 g/mol. The minimum absolute atomic E-state index is 0.216. The Hall–Kier alpha value is -2.21. The number of nitrogens with zero attached hydrogens (tertiary/aromatic N) is 1. The number of hydrogen-bond acceptors (Lipinski definition) is 4. The Morgan fingerprint density at radius 1 is 1.37 bits per heavy atom.